The van der Waals surface area contributed by atoms with Crippen molar-refractivity contribution in [2.24, 2.45) is 0 Å². The molecule has 0 saturated carbocycles. The van der Waals surface area contributed by atoms with Crippen molar-refractivity contribution in [2.75, 3.05) is 0 Å². The number of nitrogens with zero attached hydrogens (tertiary/aromatic N) is 1. The number of phenolic OH excluding ortho intramolecular Hbond substituents is 1. The van der Waals surface area contributed by atoms with Crippen LogP contribution >= 0.6 is 0 Å². The maximum absolute atomic E-state index is 11.2. The van der Waals surface area contributed by atoms with Crippen molar-refractivity contribution < 1.29 is 14.3 Å². The SMILES string of the molecule is Oc1ccccc1-c1cc(-c2cccc(-c3ccc4oc5ccccc5c4c3)c2)cc2c1[B]c1cccc(-n3c4ccccc4c4ccccc43)c1O2. The van der Waals surface area contributed by atoms with Crippen LogP contribution in [0, 0.1) is 0 Å². The number of aromatic nitrogens is 1. The summed E-state index contributed by atoms with van der Waals surface area (Å²) in [5, 5.41) is 15.8. The molecule has 53 heavy (non-hydrogen) atoms. The lowest BCUT2D eigenvalue weighted by Gasteiger charge is -2.26. The van der Waals surface area contributed by atoms with E-state index in [2.05, 4.69) is 139 Å². The first-order chi connectivity index (χ1) is 26.2. The fraction of sp³-hybridized carbons (Fsp3) is 0. The van der Waals surface area contributed by atoms with Gasteiger partial charge >= 0.3 is 0 Å². The third-order valence-corrected chi connectivity index (χ3v) is 10.6. The van der Waals surface area contributed by atoms with Gasteiger partial charge < -0.3 is 18.8 Å². The molecule has 0 spiro atoms. The Bertz CT molecular complexity index is 3050. The molecule has 0 amide bonds. The minimum Gasteiger partial charge on any atom is -0.507 e. The fourth-order valence-corrected chi connectivity index (χ4v) is 8.13. The maximum atomic E-state index is 11.2. The molecule has 5 heteroatoms. The first kappa shape index (κ1) is 29.7. The van der Waals surface area contributed by atoms with Gasteiger partial charge in [-0.1, -0.05) is 109 Å². The second kappa shape index (κ2) is 11.5. The Labute approximate surface area is 306 Å². The molecule has 1 aliphatic rings. The van der Waals surface area contributed by atoms with Crippen molar-refractivity contribution in [3.05, 3.63) is 170 Å². The Morgan fingerprint density at radius 1 is 0.472 bits per heavy atom. The monoisotopic (exact) mass is 678 g/mol. The van der Waals surface area contributed by atoms with E-state index in [1.807, 2.05) is 36.4 Å². The molecule has 0 fully saturated rings. The molecule has 4 nitrogen and oxygen atoms in total. The van der Waals surface area contributed by atoms with Crippen molar-refractivity contribution in [1.29, 1.82) is 0 Å². The van der Waals surface area contributed by atoms with E-state index in [1.165, 1.54) is 10.8 Å². The van der Waals surface area contributed by atoms with Gasteiger partial charge in [0.2, 0.25) is 7.28 Å². The Balaban J connectivity index is 1.08. The van der Waals surface area contributed by atoms with Crippen LogP contribution in [0.4, 0.5) is 0 Å². The van der Waals surface area contributed by atoms with Gasteiger partial charge in [0.05, 0.1) is 16.7 Å². The van der Waals surface area contributed by atoms with Crippen LogP contribution in [0.1, 0.15) is 0 Å². The Morgan fingerprint density at radius 2 is 1.13 bits per heavy atom. The van der Waals surface area contributed by atoms with Crippen molar-refractivity contribution in [2.45, 2.75) is 0 Å². The number of benzene rings is 8. The molecular formula is C48H29BNO3. The fourth-order valence-electron chi connectivity index (χ4n) is 8.13. The summed E-state index contributed by atoms with van der Waals surface area (Å²) in [5.41, 5.74) is 12.8. The summed E-state index contributed by atoms with van der Waals surface area (Å²) in [6.07, 6.45) is 0. The number of phenols is 1. The zero-order valence-electron chi connectivity index (χ0n) is 28.5. The number of furan rings is 1. The first-order valence-electron chi connectivity index (χ1n) is 17.8. The molecule has 0 bridgehead atoms. The molecule has 0 saturated heterocycles. The van der Waals surface area contributed by atoms with Gasteiger partial charge in [0.25, 0.3) is 0 Å². The summed E-state index contributed by atoms with van der Waals surface area (Å²) >= 11 is 0. The van der Waals surface area contributed by atoms with Gasteiger partial charge in [-0.25, -0.2) is 0 Å². The van der Waals surface area contributed by atoms with E-state index in [9.17, 15) is 5.11 Å². The predicted octanol–water partition coefficient (Wildman–Crippen LogP) is 11.2. The van der Waals surface area contributed by atoms with E-state index >= 15 is 0 Å². The third kappa shape index (κ3) is 4.64. The van der Waals surface area contributed by atoms with Crippen LogP contribution in [0.2, 0.25) is 0 Å². The lowest BCUT2D eigenvalue weighted by molar-refractivity contribution is 0.477. The summed E-state index contributed by atoms with van der Waals surface area (Å²) in [4.78, 5) is 0. The van der Waals surface area contributed by atoms with Crippen LogP contribution in [-0.4, -0.2) is 17.0 Å². The van der Waals surface area contributed by atoms with Crippen LogP contribution in [-0.2, 0) is 0 Å². The van der Waals surface area contributed by atoms with Crippen LogP contribution < -0.4 is 15.7 Å². The summed E-state index contributed by atoms with van der Waals surface area (Å²) < 4.78 is 15.5. The van der Waals surface area contributed by atoms with Crippen molar-refractivity contribution >= 4 is 61.9 Å². The molecule has 2 aromatic heterocycles. The average molecular weight is 679 g/mol. The zero-order valence-corrected chi connectivity index (χ0v) is 28.5. The normalized spacial score (nSPS) is 12.2. The smallest absolute Gasteiger partial charge is 0.202 e. The van der Waals surface area contributed by atoms with E-state index in [4.69, 9.17) is 9.15 Å². The molecule has 0 aliphatic carbocycles. The maximum Gasteiger partial charge on any atom is 0.202 e. The number of para-hydroxylation sites is 5. The Kier molecular flexibility index (Phi) is 6.46. The molecule has 0 unspecified atom stereocenters. The predicted molar refractivity (Wildman–Crippen MR) is 218 cm³/mol. The van der Waals surface area contributed by atoms with Crippen LogP contribution in [0.3, 0.4) is 0 Å². The highest BCUT2D eigenvalue weighted by atomic mass is 16.5. The standard InChI is InChI=1S/C48H29BNO3/c51-43-21-7-3-15-35(43)38-27-32(30-12-9-11-29(25-30)31-23-24-45-37(26-31)36-16-4-8-22-44(36)52-45)28-46-47(38)49-39-17-10-20-42(48(39)53-46)50-40-18-5-1-13-33(40)34-14-2-6-19-41(34)50/h1-28,51H. The Morgan fingerprint density at radius 3 is 1.94 bits per heavy atom. The third-order valence-electron chi connectivity index (χ3n) is 10.6. The molecule has 8 aromatic carbocycles. The quantitative estimate of drug-likeness (QED) is 0.189. The molecule has 1 aliphatic heterocycles. The van der Waals surface area contributed by atoms with E-state index in [0.29, 0.717) is 0 Å². The molecular weight excluding hydrogens is 649 g/mol. The second-order valence-electron chi connectivity index (χ2n) is 13.7. The summed E-state index contributed by atoms with van der Waals surface area (Å²) in [7, 11) is 2.19. The summed E-state index contributed by atoms with van der Waals surface area (Å²) in [6.45, 7) is 0. The number of rotatable bonds is 4. The molecule has 3 heterocycles. The average Bonchev–Trinajstić information content (AvgIpc) is 3.75. The van der Waals surface area contributed by atoms with Gasteiger partial charge in [-0.15, -0.1) is 0 Å². The van der Waals surface area contributed by atoms with E-state index in [1.54, 1.807) is 6.07 Å². The van der Waals surface area contributed by atoms with E-state index in [-0.39, 0.29) is 5.75 Å². The van der Waals surface area contributed by atoms with Gasteiger partial charge in [-0.3, -0.25) is 0 Å². The summed E-state index contributed by atoms with van der Waals surface area (Å²) in [6, 6.07) is 58.4. The molecule has 247 valence electrons. The highest BCUT2D eigenvalue weighted by Gasteiger charge is 2.27. The minimum atomic E-state index is 0.222. The molecule has 0 atom stereocenters. The van der Waals surface area contributed by atoms with Crippen LogP contribution in [0.15, 0.2) is 174 Å². The van der Waals surface area contributed by atoms with Crippen molar-refractivity contribution in [3.63, 3.8) is 0 Å². The first-order valence-corrected chi connectivity index (χ1v) is 17.8. The van der Waals surface area contributed by atoms with E-state index in [0.717, 1.165) is 94.5 Å². The number of fused-ring (bicyclic) bond motifs is 8. The minimum absolute atomic E-state index is 0.222. The number of hydrogen-bond acceptors (Lipinski definition) is 3. The largest absolute Gasteiger partial charge is 0.507 e. The number of aromatic hydroxyl groups is 1. The van der Waals surface area contributed by atoms with Gasteiger partial charge in [-0.2, -0.15) is 0 Å². The summed E-state index contributed by atoms with van der Waals surface area (Å²) in [5.74, 6) is 1.75. The highest BCUT2D eigenvalue weighted by molar-refractivity contribution is 6.71. The molecule has 11 rings (SSSR count). The van der Waals surface area contributed by atoms with Crippen molar-refractivity contribution in [3.8, 4) is 56.3 Å². The highest BCUT2D eigenvalue weighted by Crippen LogP contribution is 2.41. The lowest BCUT2D eigenvalue weighted by atomic mass is 9.59. The topological polar surface area (TPSA) is 47.5 Å². The van der Waals surface area contributed by atoms with Gasteiger partial charge in [0.1, 0.15) is 28.4 Å². The van der Waals surface area contributed by atoms with Gasteiger partial charge in [0.15, 0.2) is 0 Å². The number of hydrogen-bond donors (Lipinski definition) is 1. The Hall–Kier alpha value is -6.98. The lowest BCUT2D eigenvalue weighted by Crippen LogP contribution is -2.35. The second-order valence-corrected chi connectivity index (χ2v) is 13.7. The van der Waals surface area contributed by atoms with Crippen molar-refractivity contribution in [1.82, 2.24) is 4.57 Å². The van der Waals surface area contributed by atoms with Crippen LogP contribution in [0.5, 0.6) is 17.2 Å². The molecule has 1 radical (unpaired) electrons. The molecule has 10 aromatic rings. The molecule has 1 N–H and O–H groups in total. The van der Waals surface area contributed by atoms with Gasteiger partial charge in [-0.05, 0) is 99.4 Å². The van der Waals surface area contributed by atoms with Gasteiger partial charge in [0, 0.05) is 27.1 Å². The number of ether oxygens (including phenoxy) is 1. The zero-order chi connectivity index (χ0) is 35.0. The van der Waals surface area contributed by atoms with Crippen LogP contribution in [0.25, 0.3) is 82.8 Å². The van der Waals surface area contributed by atoms with E-state index < -0.39 is 0 Å².